The van der Waals surface area contributed by atoms with Crippen molar-refractivity contribution < 1.29 is 33.0 Å². The van der Waals surface area contributed by atoms with Gasteiger partial charge < -0.3 is 25.4 Å². The van der Waals surface area contributed by atoms with Gasteiger partial charge in [-0.25, -0.2) is 13.6 Å². The number of rotatable bonds is 7. The number of carbonyl (C=O) groups is 3. The van der Waals surface area contributed by atoms with Crippen LogP contribution in [0.1, 0.15) is 6.42 Å². The molecule has 1 heterocycles. The number of hydrogen-bond donors (Lipinski definition) is 3. The lowest BCUT2D eigenvalue weighted by atomic mass is 10.1. The van der Waals surface area contributed by atoms with Crippen LogP contribution in [0.4, 0.5) is 13.6 Å². The molecule has 0 aromatic heterocycles. The van der Waals surface area contributed by atoms with Crippen molar-refractivity contribution in [2.24, 2.45) is 0 Å². The summed E-state index contributed by atoms with van der Waals surface area (Å²) in [5.74, 6) is -1.73. The smallest absolute Gasteiger partial charge is 0.318 e. The summed E-state index contributed by atoms with van der Waals surface area (Å²) in [5.41, 5.74) is 0. The molecule has 3 N–H and O–H groups in total. The van der Waals surface area contributed by atoms with Crippen molar-refractivity contribution >= 4 is 17.9 Å². The molecule has 0 aromatic carbocycles. The molecule has 1 saturated heterocycles. The van der Waals surface area contributed by atoms with Crippen molar-refractivity contribution in [3.05, 3.63) is 0 Å². The van der Waals surface area contributed by atoms with Gasteiger partial charge in [-0.15, -0.1) is 0 Å². The highest BCUT2D eigenvalue weighted by molar-refractivity contribution is 5.91. The van der Waals surface area contributed by atoms with E-state index in [0.717, 1.165) is 4.90 Å². The molecular formula is C11H17F2N3O5. The number of piperazine rings is 1. The summed E-state index contributed by atoms with van der Waals surface area (Å²) >= 11 is 0. The Balaban J connectivity index is 2.42. The molecule has 21 heavy (non-hydrogen) atoms. The van der Waals surface area contributed by atoms with E-state index in [-0.39, 0.29) is 26.2 Å². The third-order valence-electron chi connectivity index (χ3n) is 2.73. The fourth-order valence-electron chi connectivity index (χ4n) is 1.83. The maximum absolute atomic E-state index is 11.9. The molecule has 1 aliphatic rings. The summed E-state index contributed by atoms with van der Waals surface area (Å²) in [6.07, 6.45) is -3.08. The predicted octanol–water partition coefficient (Wildman–Crippen LogP) is -0.747. The number of nitrogens with zero attached hydrogens (tertiary/aromatic N) is 1. The first-order valence-electron chi connectivity index (χ1n) is 6.31. The van der Waals surface area contributed by atoms with Crippen LogP contribution in [-0.2, 0) is 14.3 Å². The molecule has 10 heteroatoms. The largest absolute Gasteiger partial charge is 0.481 e. The number of carbonyl (C=O) groups excluding carboxylic acids is 2. The van der Waals surface area contributed by atoms with E-state index in [2.05, 4.69) is 15.4 Å². The number of carboxylic acids is 1. The number of urea groups is 1. The Hall–Kier alpha value is -1.97. The number of amides is 3. The van der Waals surface area contributed by atoms with Crippen LogP contribution in [0.25, 0.3) is 0 Å². The second kappa shape index (κ2) is 8.35. The first kappa shape index (κ1) is 17.1. The average molecular weight is 309 g/mol. The molecule has 120 valence electrons. The fourth-order valence-corrected chi connectivity index (χ4v) is 1.83. The number of nitrogens with one attached hydrogen (secondary N) is 2. The van der Waals surface area contributed by atoms with Gasteiger partial charge in [0.05, 0.1) is 13.0 Å². The van der Waals surface area contributed by atoms with Crippen molar-refractivity contribution in [3.63, 3.8) is 0 Å². The van der Waals surface area contributed by atoms with Crippen LogP contribution in [0.15, 0.2) is 0 Å². The zero-order valence-corrected chi connectivity index (χ0v) is 11.2. The molecule has 1 rings (SSSR count). The van der Waals surface area contributed by atoms with E-state index in [1.807, 2.05) is 0 Å². The van der Waals surface area contributed by atoms with Crippen molar-refractivity contribution in [2.45, 2.75) is 18.9 Å². The summed E-state index contributed by atoms with van der Waals surface area (Å²) in [7, 11) is 0. The summed E-state index contributed by atoms with van der Waals surface area (Å²) in [5, 5.41) is 13.6. The Labute approximate surface area is 119 Å². The molecule has 8 nitrogen and oxygen atoms in total. The molecule has 1 fully saturated rings. The van der Waals surface area contributed by atoms with E-state index in [4.69, 9.17) is 5.11 Å². The van der Waals surface area contributed by atoms with Gasteiger partial charge in [-0.2, -0.15) is 0 Å². The van der Waals surface area contributed by atoms with E-state index in [9.17, 15) is 23.2 Å². The Kier molecular flexibility index (Phi) is 6.79. The van der Waals surface area contributed by atoms with E-state index in [1.165, 1.54) is 0 Å². The maximum atomic E-state index is 11.9. The van der Waals surface area contributed by atoms with Gasteiger partial charge in [-0.1, -0.05) is 0 Å². The first-order valence-corrected chi connectivity index (χ1v) is 6.31. The minimum atomic E-state index is -2.58. The Morgan fingerprint density at radius 1 is 1.52 bits per heavy atom. The summed E-state index contributed by atoms with van der Waals surface area (Å²) in [6.45, 7) is -0.426. The third-order valence-corrected chi connectivity index (χ3v) is 2.73. The van der Waals surface area contributed by atoms with Crippen molar-refractivity contribution in [3.8, 4) is 0 Å². The van der Waals surface area contributed by atoms with Gasteiger partial charge >= 0.3 is 12.0 Å². The van der Waals surface area contributed by atoms with Gasteiger partial charge in [0.2, 0.25) is 5.91 Å². The third kappa shape index (κ3) is 5.90. The van der Waals surface area contributed by atoms with Crippen LogP contribution in [0.5, 0.6) is 0 Å². The zero-order valence-electron chi connectivity index (χ0n) is 11.2. The number of aliphatic carboxylic acids is 1. The van der Waals surface area contributed by atoms with Gasteiger partial charge in [0, 0.05) is 19.6 Å². The van der Waals surface area contributed by atoms with E-state index in [1.54, 1.807) is 0 Å². The number of ether oxygens (including phenoxy) is 1. The molecule has 3 amide bonds. The highest BCUT2D eigenvalue weighted by Gasteiger charge is 2.34. The molecule has 1 aliphatic heterocycles. The highest BCUT2D eigenvalue weighted by atomic mass is 19.3. The monoisotopic (exact) mass is 309 g/mol. The van der Waals surface area contributed by atoms with Gasteiger partial charge in [-0.3, -0.25) is 9.59 Å². The standard InChI is InChI=1S/C11H17F2N3O5/c12-8(13)6-21-4-2-15-11(20)16-3-1-14-10(19)7(16)5-9(17)18/h7-8H,1-6H2,(H,14,19)(H,15,20)(H,17,18). The summed E-state index contributed by atoms with van der Waals surface area (Å²) < 4.78 is 28.2. The molecule has 0 spiro atoms. The first-order chi connectivity index (χ1) is 9.91. The minimum Gasteiger partial charge on any atom is -0.481 e. The lowest BCUT2D eigenvalue weighted by Crippen LogP contribution is -2.60. The van der Waals surface area contributed by atoms with Crippen LogP contribution < -0.4 is 10.6 Å². The zero-order chi connectivity index (χ0) is 15.8. The molecule has 1 unspecified atom stereocenters. The van der Waals surface area contributed by atoms with Crippen LogP contribution in [0, 0.1) is 0 Å². The fraction of sp³-hybridized carbons (Fsp3) is 0.727. The Morgan fingerprint density at radius 2 is 2.24 bits per heavy atom. The second-order valence-corrected chi connectivity index (χ2v) is 4.30. The summed E-state index contributed by atoms with van der Waals surface area (Å²) in [6, 6.07) is -1.71. The lowest BCUT2D eigenvalue weighted by molar-refractivity contribution is -0.142. The topological polar surface area (TPSA) is 108 Å². The van der Waals surface area contributed by atoms with Gasteiger partial charge in [0.15, 0.2) is 0 Å². The van der Waals surface area contributed by atoms with E-state index >= 15 is 0 Å². The molecule has 0 aliphatic carbocycles. The van der Waals surface area contributed by atoms with Gasteiger partial charge in [0.1, 0.15) is 12.6 Å². The summed E-state index contributed by atoms with van der Waals surface area (Å²) in [4.78, 5) is 35.3. The Morgan fingerprint density at radius 3 is 2.86 bits per heavy atom. The van der Waals surface area contributed by atoms with Crippen LogP contribution in [0.2, 0.25) is 0 Å². The van der Waals surface area contributed by atoms with E-state index in [0.29, 0.717) is 0 Å². The lowest BCUT2D eigenvalue weighted by Gasteiger charge is -2.34. The molecule has 0 radical (unpaired) electrons. The molecule has 0 saturated carbocycles. The van der Waals surface area contributed by atoms with Crippen molar-refractivity contribution in [1.82, 2.24) is 15.5 Å². The number of hydrogen-bond acceptors (Lipinski definition) is 4. The number of halogens is 2. The average Bonchev–Trinajstić information content (AvgIpc) is 2.39. The molecule has 0 bridgehead atoms. The van der Waals surface area contributed by atoms with Crippen molar-refractivity contribution in [1.29, 1.82) is 0 Å². The minimum absolute atomic E-state index is 0.0105. The van der Waals surface area contributed by atoms with Crippen molar-refractivity contribution in [2.75, 3.05) is 32.8 Å². The molecule has 1 atom stereocenters. The highest BCUT2D eigenvalue weighted by Crippen LogP contribution is 2.09. The number of alkyl halides is 2. The quantitative estimate of drug-likeness (QED) is 0.536. The van der Waals surface area contributed by atoms with Gasteiger partial charge in [-0.05, 0) is 0 Å². The molecular weight excluding hydrogens is 292 g/mol. The number of carboxylic acid groups (broad SMARTS) is 1. The Bertz CT molecular complexity index is 394. The van der Waals surface area contributed by atoms with Crippen LogP contribution in [-0.4, -0.2) is 73.2 Å². The predicted molar refractivity (Wildman–Crippen MR) is 66.0 cm³/mol. The normalized spacial score (nSPS) is 18.5. The van der Waals surface area contributed by atoms with Crippen LogP contribution in [0.3, 0.4) is 0 Å². The van der Waals surface area contributed by atoms with Gasteiger partial charge in [0.25, 0.3) is 6.43 Å². The van der Waals surface area contributed by atoms with Crippen LogP contribution >= 0.6 is 0 Å². The SMILES string of the molecule is O=C(O)CC1C(=O)NCCN1C(=O)NCCOCC(F)F. The molecule has 0 aromatic rings. The van der Waals surface area contributed by atoms with E-state index < -0.39 is 43.4 Å². The second-order valence-electron chi connectivity index (χ2n) is 4.30. The maximum Gasteiger partial charge on any atom is 0.318 e.